The Morgan fingerprint density at radius 2 is 2.04 bits per heavy atom. The van der Waals surface area contributed by atoms with Gasteiger partial charge in [-0.3, -0.25) is 19.2 Å². The zero-order chi connectivity index (χ0) is 20.3. The minimum atomic E-state index is -0.370. The fraction of sp³-hybridized carbons (Fsp3) is 0.750. The highest BCUT2D eigenvalue weighted by atomic mass is 16.2. The first-order chi connectivity index (χ1) is 13.5. The maximum atomic E-state index is 12.6. The number of H-pyrrole nitrogens is 1. The summed E-state index contributed by atoms with van der Waals surface area (Å²) in [5, 5.41) is 0. The summed E-state index contributed by atoms with van der Waals surface area (Å²) in [5.74, 6) is 1.46. The van der Waals surface area contributed by atoms with Crippen molar-refractivity contribution >= 4 is 11.2 Å². The number of aromatic nitrogens is 4. The van der Waals surface area contributed by atoms with Gasteiger partial charge in [-0.15, -0.1) is 0 Å². The number of nitrogens with one attached hydrogen (secondary N) is 1. The minimum Gasteiger partial charge on any atom is -0.330 e. The number of nitrogens with two attached hydrogens (primary N) is 1. The molecule has 3 N–H and O–H groups in total. The third kappa shape index (κ3) is 3.93. The summed E-state index contributed by atoms with van der Waals surface area (Å²) >= 11 is 0. The number of hydrogen-bond donors (Lipinski definition) is 2. The molecule has 2 unspecified atom stereocenters. The first kappa shape index (κ1) is 20.8. The van der Waals surface area contributed by atoms with Crippen molar-refractivity contribution in [3.8, 4) is 0 Å². The highest BCUT2D eigenvalue weighted by Gasteiger charge is 2.29. The Bertz CT molecular complexity index is 912. The minimum absolute atomic E-state index is 0.348. The van der Waals surface area contributed by atoms with Crippen LogP contribution in [0, 0.1) is 5.92 Å². The summed E-state index contributed by atoms with van der Waals surface area (Å²) in [6.45, 7) is 9.97. The van der Waals surface area contributed by atoms with E-state index in [0.717, 1.165) is 38.1 Å². The number of imidazole rings is 1. The Hall–Kier alpha value is -1.93. The van der Waals surface area contributed by atoms with Crippen molar-refractivity contribution in [3.05, 3.63) is 26.7 Å². The van der Waals surface area contributed by atoms with Crippen LogP contribution in [0.4, 0.5) is 0 Å². The molecule has 2 aromatic heterocycles. The standard InChI is InChI=1S/C20H34N6O2/c1-4-6-12-26-18-17(19(27)23-20(26)28)25(5-2)16(22-18)13-24-11-7-8-14(3)15(24)9-10-21/h14-15H,4-13,21H2,1-3H3,(H,23,27,28). The predicted molar refractivity (Wildman–Crippen MR) is 111 cm³/mol. The number of rotatable bonds is 8. The topological polar surface area (TPSA) is 102 Å². The van der Waals surface area contributed by atoms with Gasteiger partial charge in [-0.1, -0.05) is 20.3 Å². The zero-order valence-corrected chi connectivity index (χ0v) is 17.4. The lowest BCUT2D eigenvalue weighted by atomic mass is 9.88. The molecule has 8 heteroatoms. The molecule has 3 rings (SSSR count). The van der Waals surface area contributed by atoms with Gasteiger partial charge in [0.1, 0.15) is 5.82 Å². The van der Waals surface area contributed by atoms with Crippen molar-refractivity contribution in [2.75, 3.05) is 13.1 Å². The van der Waals surface area contributed by atoms with Crippen LogP contribution >= 0.6 is 0 Å². The van der Waals surface area contributed by atoms with E-state index in [-0.39, 0.29) is 11.2 Å². The number of aromatic amines is 1. The Morgan fingerprint density at radius 3 is 2.71 bits per heavy atom. The predicted octanol–water partition coefficient (Wildman–Crippen LogP) is 1.66. The fourth-order valence-corrected chi connectivity index (χ4v) is 4.55. The van der Waals surface area contributed by atoms with Gasteiger partial charge >= 0.3 is 5.69 Å². The normalized spacial score (nSPS) is 20.9. The zero-order valence-electron chi connectivity index (χ0n) is 17.4. The van der Waals surface area contributed by atoms with E-state index in [1.165, 1.54) is 6.42 Å². The number of piperidine rings is 1. The third-order valence-corrected chi connectivity index (χ3v) is 6.05. The molecule has 0 radical (unpaired) electrons. The molecule has 0 saturated carbocycles. The molecule has 1 aliphatic heterocycles. The fourth-order valence-electron chi connectivity index (χ4n) is 4.55. The molecule has 1 fully saturated rings. The largest absolute Gasteiger partial charge is 0.330 e. The molecule has 0 amide bonds. The maximum Gasteiger partial charge on any atom is 0.330 e. The molecule has 1 aliphatic rings. The van der Waals surface area contributed by atoms with Crippen molar-refractivity contribution in [1.82, 2.24) is 24.0 Å². The molecular formula is C20H34N6O2. The van der Waals surface area contributed by atoms with Crippen LogP contribution in [0.5, 0.6) is 0 Å². The van der Waals surface area contributed by atoms with Crippen molar-refractivity contribution in [1.29, 1.82) is 0 Å². The Balaban J connectivity index is 2.04. The van der Waals surface area contributed by atoms with Crippen molar-refractivity contribution in [2.24, 2.45) is 11.7 Å². The molecule has 1 saturated heterocycles. The van der Waals surface area contributed by atoms with Crippen LogP contribution in [0.2, 0.25) is 0 Å². The Kier molecular flexibility index (Phi) is 6.72. The Morgan fingerprint density at radius 1 is 1.25 bits per heavy atom. The monoisotopic (exact) mass is 390 g/mol. The van der Waals surface area contributed by atoms with E-state index in [2.05, 4.69) is 23.7 Å². The summed E-state index contributed by atoms with van der Waals surface area (Å²) < 4.78 is 3.58. The van der Waals surface area contributed by atoms with Gasteiger partial charge < -0.3 is 10.3 Å². The summed E-state index contributed by atoms with van der Waals surface area (Å²) in [4.78, 5) is 34.7. The number of unbranched alkanes of at least 4 members (excludes halogenated alkanes) is 1. The number of nitrogens with zero attached hydrogens (tertiary/aromatic N) is 4. The van der Waals surface area contributed by atoms with E-state index in [0.29, 0.717) is 49.3 Å². The van der Waals surface area contributed by atoms with Crippen LogP contribution in [0.25, 0.3) is 11.2 Å². The molecule has 2 atom stereocenters. The van der Waals surface area contributed by atoms with Gasteiger partial charge in [0.05, 0.1) is 6.54 Å². The van der Waals surface area contributed by atoms with Crippen molar-refractivity contribution in [3.63, 3.8) is 0 Å². The summed E-state index contributed by atoms with van der Waals surface area (Å²) in [6, 6.07) is 0.435. The quantitative estimate of drug-likeness (QED) is 0.714. The molecule has 0 bridgehead atoms. The first-order valence-corrected chi connectivity index (χ1v) is 10.7. The van der Waals surface area contributed by atoms with Crippen molar-refractivity contribution in [2.45, 2.75) is 78.6 Å². The second-order valence-electron chi connectivity index (χ2n) is 7.94. The molecule has 0 aliphatic carbocycles. The van der Waals surface area contributed by atoms with Crippen LogP contribution in [-0.4, -0.2) is 43.1 Å². The molecule has 0 aromatic carbocycles. The lowest BCUT2D eigenvalue weighted by Gasteiger charge is -2.39. The second kappa shape index (κ2) is 9.05. The number of aryl methyl sites for hydroxylation is 2. The molecule has 8 nitrogen and oxygen atoms in total. The first-order valence-electron chi connectivity index (χ1n) is 10.7. The van der Waals surface area contributed by atoms with Crippen molar-refractivity contribution < 1.29 is 0 Å². The average Bonchev–Trinajstić information content (AvgIpc) is 3.03. The van der Waals surface area contributed by atoms with Crippen LogP contribution in [-0.2, 0) is 19.6 Å². The third-order valence-electron chi connectivity index (χ3n) is 6.05. The molecule has 0 spiro atoms. The van der Waals surface area contributed by atoms with Gasteiger partial charge in [-0.25, -0.2) is 9.78 Å². The smallest absolute Gasteiger partial charge is 0.330 e. The lowest BCUT2D eigenvalue weighted by Crippen LogP contribution is -2.45. The van der Waals surface area contributed by atoms with Gasteiger partial charge in [0, 0.05) is 19.1 Å². The van der Waals surface area contributed by atoms with Crippen LogP contribution in [0.15, 0.2) is 9.59 Å². The lowest BCUT2D eigenvalue weighted by molar-refractivity contribution is 0.0851. The second-order valence-corrected chi connectivity index (χ2v) is 7.94. The average molecular weight is 391 g/mol. The van der Waals surface area contributed by atoms with E-state index in [9.17, 15) is 9.59 Å². The molecule has 3 heterocycles. The highest BCUT2D eigenvalue weighted by molar-refractivity contribution is 5.71. The molecular weight excluding hydrogens is 356 g/mol. The van der Waals surface area contributed by atoms with Gasteiger partial charge in [0.2, 0.25) is 0 Å². The number of likely N-dealkylation sites (tertiary alicyclic amines) is 1. The highest BCUT2D eigenvalue weighted by Crippen LogP contribution is 2.27. The Labute approximate surface area is 165 Å². The number of fused-ring (bicyclic) bond motifs is 1. The van der Waals surface area contributed by atoms with Crippen LogP contribution in [0.1, 0.15) is 58.7 Å². The van der Waals surface area contributed by atoms with Crippen LogP contribution in [0.3, 0.4) is 0 Å². The molecule has 28 heavy (non-hydrogen) atoms. The molecule has 156 valence electrons. The van der Waals surface area contributed by atoms with E-state index in [1.807, 2.05) is 11.5 Å². The van der Waals surface area contributed by atoms with E-state index in [1.54, 1.807) is 4.57 Å². The van der Waals surface area contributed by atoms with E-state index < -0.39 is 0 Å². The van der Waals surface area contributed by atoms with Gasteiger partial charge in [0.15, 0.2) is 11.2 Å². The van der Waals surface area contributed by atoms with E-state index in [4.69, 9.17) is 10.7 Å². The summed E-state index contributed by atoms with van der Waals surface area (Å²) in [5.41, 5.74) is 6.17. The number of hydrogen-bond acceptors (Lipinski definition) is 5. The van der Waals surface area contributed by atoms with Gasteiger partial charge in [-0.05, 0) is 51.6 Å². The maximum absolute atomic E-state index is 12.6. The SMILES string of the molecule is CCCCn1c(=O)[nH]c(=O)c2c1nc(CN1CCCC(C)C1CCN)n2CC. The van der Waals surface area contributed by atoms with Gasteiger partial charge in [0.25, 0.3) is 5.56 Å². The van der Waals surface area contributed by atoms with Gasteiger partial charge in [-0.2, -0.15) is 0 Å². The summed E-state index contributed by atoms with van der Waals surface area (Å²) in [7, 11) is 0. The van der Waals surface area contributed by atoms with E-state index >= 15 is 0 Å². The van der Waals surface area contributed by atoms with Crippen LogP contribution < -0.4 is 17.0 Å². The molecule has 2 aromatic rings. The summed E-state index contributed by atoms with van der Waals surface area (Å²) in [6.07, 6.45) is 5.20.